The lowest BCUT2D eigenvalue weighted by atomic mass is 9.93. The monoisotopic (exact) mass is 480 g/mol. The SMILES string of the molecule is CCCCC(OC(=O)COc1ccccc1F)[C@H]1O[C@@H](C(C)(C)C)OC[C@H]1Oc1ccsc1. The van der Waals surface area contributed by atoms with Crippen molar-refractivity contribution in [1.82, 2.24) is 0 Å². The Hall–Kier alpha value is -2.16. The number of rotatable bonds is 10. The van der Waals surface area contributed by atoms with E-state index in [9.17, 15) is 9.18 Å². The lowest BCUT2D eigenvalue weighted by molar-refractivity contribution is -0.297. The second-order valence-corrected chi connectivity index (χ2v) is 9.92. The number of thiophene rings is 1. The molecule has 1 aromatic carbocycles. The van der Waals surface area contributed by atoms with E-state index in [1.165, 1.54) is 23.5 Å². The first kappa shape index (κ1) is 25.5. The van der Waals surface area contributed by atoms with Crippen molar-refractivity contribution < 1.29 is 32.9 Å². The van der Waals surface area contributed by atoms with E-state index in [0.29, 0.717) is 13.0 Å². The van der Waals surface area contributed by atoms with E-state index < -0.39 is 43.0 Å². The maximum absolute atomic E-state index is 13.8. The van der Waals surface area contributed by atoms with Gasteiger partial charge in [0.05, 0.1) is 6.61 Å². The van der Waals surface area contributed by atoms with E-state index in [-0.39, 0.29) is 11.2 Å². The molecule has 0 saturated carbocycles. The molecule has 1 saturated heterocycles. The van der Waals surface area contributed by atoms with Crippen LogP contribution in [0.2, 0.25) is 0 Å². The predicted octanol–water partition coefficient (Wildman–Crippen LogP) is 5.60. The highest BCUT2D eigenvalue weighted by molar-refractivity contribution is 7.08. The number of hydrogen-bond acceptors (Lipinski definition) is 7. The summed E-state index contributed by atoms with van der Waals surface area (Å²) in [6.07, 6.45) is 0.390. The normalized spacial score (nSPS) is 21.9. The van der Waals surface area contributed by atoms with Crippen LogP contribution in [0.3, 0.4) is 0 Å². The number of carbonyl (C=O) groups is 1. The molecule has 1 aliphatic rings. The molecule has 2 aromatic rings. The fourth-order valence-electron chi connectivity index (χ4n) is 3.52. The van der Waals surface area contributed by atoms with Crippen molar-refractivity contribution in [1.29, 1.82) is 0 Å². The zero-order valence-electron chi connectivity index (χ0n) is 19.6. The van der Waals surface area contributed by atoms with E-state index in [1.807, 2.05) is 37.6 Å². The van der Waals surface area contributed by atoms with E-state index in [2.05, 4.69) is 6.92 Å². The molecule has 1 aromatic heterocycles. The number of unbranched alkanes of at least 4 members (excludes halogenated alkanes) is 1. The van der Waals surface area contributed by atoms with Crippen LogP contribution in [0.25, 0.3) is 0 Å². The molecular weight excluding hydrogens is 447 g/mol. The summed E-state index contributed by atoms with van der Waals surface area (Å²) in [6.45, 7) is 8.08. The van der Waals surface area contributed by atoms with Gasteiger partial charge in [-0.15, -0.1) is 11.3 Å². The molecule has 0 aliphatic carbocycles. The summed E-state index contributed by atoms with van der Waals surface area (Å²) in [7, 11) is 0. The molecule has 0 radical (unpaired) electrons. The fourth-order valence-corrected chi connectivity index (χ4v) is 4.08. The maximum atomic E-state index is 13.8. The summed E-state index contributed by atoms with van der Waals surface area (Å²) in [5.41, 5.74) is -0.265. The van der Waals surface area contributed by atoms with Crippen molar-refractivity contribution in [3.63, 3.8) is 0 Å². The van der Waals surface area contributed by atoms with Crippen molar-refractivity contribution in [3.8, 4) is 11.5 Å². The molecule has 3 rings (SSSR count). The third kappa shape index (κ3) is 7.42. The minimum atomic E-state index is -0.587. The Morgan fingerprint density at radius 2 is 2.06 bits per heavy atom. The quantitative estimate of drug-likeness (QED) is 0.412. The highest BCUT2D eigenvalue weighted by atomic mass is 32.1. The van der Waals surface area contributed by atoms with Crippen LogP contribution in [0.4, 0.5) is 4.39 Å². The van der Waals surface area contributed by atoms with Gasteiger partial charge >= 0.3 is 5.97 Å². The number of carbonyl (C=O) groups excluding carboxylic acids is 1. The molecule has 0 bridgehead atoms. The Labute approximate surface area is 198 Å². The summed E-state index contributed by atoms with van der Waals surface area (Å²) < 4.78 is 43.4. The zero-order valence-corrected chi connectivity index (χ0v) is 20.4. The van der Waals surface area contributed by atoms with Crippen molar-refractivity contribution in [2.75, 3.05) is 13.2 Å². The summed E-state index contributed by atoms with van der Waals surface area (Å²) in [6, 6.07) is 7.83. The van der Waals surface area contributed by atoms with Crippen LogP contribution in [0.1, 0.15) is 47.0 Å². The van der Waals surface area contributed by atoms with Crippen molar-refractivity contribution >= 4 is 17.3 Å². The van der Waals surface area contributed by atoms with Crippen molar-refractivity contribution in [2.45, 2.75) is 71.6 Å². The zero-order chi connectivity index (χ0) is 23.8. The number of hydrogen-bond donors (Lipinski definition) is 0. The second kappa shape index (κ2) is 11.8. The van der Waals surface area contributed by atoms with Gasteiger partial charge < -0.3 is 23.7 Å². The molecule has 1 fully saturated rings. The molecule has 33 heavy (non-hydrogen) atoms. The van der Waals surface area contributed by atoms with Crippen LogP contribution >= 0.6 is 11.3 Å². The summed E-state index contributed by atoms with van der Waals surface area (Å²) in [4.78, 5) is 12.7. The molecule has 0 spiro atoms. The van der Waals surface area contributed by atoms with E-state index in [4.69, 9.17) is 23.7 Å². The van der Waals surface area contributed by atoms with E-state index in [1.54, 1.807) is 12.1 Å². The summed E-state index contributed by atoms with van der Waals surface area (Å²) in [5.74, 6) is -0.387. The summed E-state index contributed by atoms with van der Waals surface area (Å²) in [5, 5.41) is 3.84. The first-order chi connectivity index (χ1) is 15.8. The van der Waals surface area contributed by atoms with Gasteiger partial charge in [0.15, 0.2) is 30.6 Å². The van der Waals surface area contributed by atoms with Gasteiger partial charge in [-0.1, -0.05) is 46.2 Å². The Balaban J connectivity index is 1.73. The molecule has 6 nitrogen and oxygen atoms in total. The molecule has 1 aliphatic heterocycles. The molecule has 0 amide bonds. The smallest absolute Gasteiger partial charge is 0.344 e. The van der Waals surface area contributed by atoms with Gasteiger partial charge in [0.2, 0.25) is 0 Å². The van der Waals surface area contributed by atoms with Gasteiger partial charge in [0, 0.05) is 10.8 Å². The number of benzene rings is 1. The largest absolute Gasteiger partial charge is 0.484 e. The van der Waals surface area contributed by atoms with Gasteiger partial charge in [-0.2, -0.15) is 0 Å². The van der Waals surface area contributed by atoms with Crippen molar-refractivity contribution in [3.05, 3.63) is 46.9 Å². The molecule has 182 valence electrons. The van der Waals surface area contributed by atoms with E-state index in [0.717, 1.165) is 18.6 Å². The Kier molecular flexibility index (Phi) is 9.11. The number of para-hydroxylation sites is 1. The first-order valence-corrected chi connectivity index (χ1v) is 12.2. The average molecular weight is 481 g/mol. The maximum Gasteiger partial charge on any atom is 0.344 e. The Morgan fingerprint density at radius 1 is 1.27 bits per heavy atom. The molecular formula is C25H33FO6S. The average Bonchev–Trinajstić information content (AvgIpc) is 3.29. The van der Waals surface area contributed by atoms with Gasteiger partial charge in [0.1, 0.15) is 18.0 Å². The first-order valence-electron chi connectivity index (χ1n) is 11.3. The van der Waals surface area contributed by atoms with Crippen LogP contribution in [0, 0.1) is 11.2 Å². The lowest BCUT2D eigenvalue weighted by Crippen LogP contribution is -2.56. The van der Waals surface area contributed by atoms with E-state index >= 15 is 0 Å². The highest BCUT2D eigenvalue weighted by Crippen LogP contribution is 2.33. The topological polar surface area (TPSA) is 63.2 Å². The lowest BCUT2D eigenvalue weighted by Gasteiger charge is -2.43. The van der Waals surface area contributed by atoms with Crippen LogP contribution < -0.4 is 9.47 Å². The number of halogens is 1. The Bertz CT molecular complexity index is 866. The van der Waals surface area contributed by atoms with Gasteiger partial charge in [-0.25, -0.2) is 9.18 Å². The van der Waals surface area contributed by atoms with Crippen LogP contribution in [0.15, 0.2) is 41.1 Å². The molecule has 1 unspecified atom stereocenters. The highest BCUT2D eigenvalue weighted by Gasteiger charge is 2.44. The van der Waals surface area contributed by atoms with Gasteiger partial charge in [0.25, 0.3) is 0 Å². The Morgan fingerprint density at radius 3 is 2.73 bits per heavy atom. The van der Waals surface area contributed by atoms with Crippen LogP contribution in [0.5, 0.6) is 11.5 Å². The van der Waals surface area contributed by atoms with Gasteiger partial charge in [-0.3, -0.25) is 0 Å². The van der Waals surface area contributed by atoms with Gasteiger partial charge in [-0.05, 0) is 36.4 Å². The molecule has 8 heteroatoms. The number of ether oxygens (including phenoxy) is 5. The predicted molar refractivity (Wildman–Crippen MR) is 124 cm³/mol. The minimum Gasteiger partial charge on any atom is -0.484 e. The van der Waals surface area contributed by atoms with Crippen LogP contribution in [-0.4, -0.2) is 43.8 Å². The molecule has 2 heterocycles. The molecule has 4 atom stereocenters. The summed E-state index contributed by atoms with van der Waals surface area (Å²) >= 11 is 1.53. The third-order valence-electron chi connectivity index (χ3n) is 5.22. The van der Waals surface area contributed by atoms with Crippen LogP contribution in [-0.2, 0) is 19.0 Å². The minimum absolute atomic E-state index is 0.00772. The third-order valence-corrected chi connectivity index (χ3v) is 5.88. The number of esters is 1. The molecule has 0 N–H and O–H groups in total. The fraction of sp³-hybridized carbons (Fsp3) is 0.560. The standard InChI is InChI=1S/C25H33FO6S/c1-5-6-10-20(31-22(27)15-28-19-11-8-7-9-18(19)26)23-21(30-17-12-13-33-16-17)14-29-24(32-23)25(2,3)4/h7-9,11-13,16,20-21,23-24H,5-6,10,14-15H2,1-4H3/t20?,21-,23-,24+/m1/s1. The second-order valence-electron chi connectivity index (χ2n) is 9.14. The van der Waals surface area contributed by atoms with Crippen molar-refractivity contribution in [2.24, 2.45) is 5.41 Å².